The first kappa shape index (κ1) is 20.2. The highest BCUT2D eigenvalue weighted by atomic mass is 35.5. The van der Waals surface area contributed by atoms with E-state index in [9.17, 15) is 9.59 Å². The van der Waals surface area contributed by atoms with Crippen LogP contribution in [-0.4, -0.2) is 28.9 Å². The van der Waals surface area contributed by atoms with Gasteiger partial charge in [0, 0.05) is 34.5 Å². The quantitative estimate of drug-likeness (QED) is 0.808. The Labute approximate surface area is 163 Å². The molecule has 0 spiro atoms. The Kier molecular flexibility index (Phi) is 6.62. The Bertz CT molecular complexity index is 817. The van der Waals surface area contributed by atoms with Gasteiger partial charge in [-0.1, -0.05) is 29.3 Å². The molecule has 0 aliphatic rings. The lowest BCUT2D eigenvalue weighted by molar-refractivity contribution is 0.0919. The molecule has 0 saturated carbocycles. The van der Waals surface area contributed by atoms with Crippen molar-refractivity contribution in [2.75, 3.05) is 6.54 Å². The molecule has 0 unspecified atom stereocenters. The molecule has 2 aromatic rings. The maximum atomic E-state index is 12.3. The number of aromatic nitrogens is 1. The molecule has 0 bridgehead atoms. The van der Waals surface area contributed by atoms with E-state index in [1.165, 1.54) is 18.5 Å². The normalized spacial score (nSPS) is 11.1. The second-order valence-corrected chi connectivity index (χ2v) is 7.75. The van der Waals surface area contributed by atoms with Crippen LogP contribution in [0.5, 0.6) is 0 Å². The smallest absolute Gasteiger partial charge is 0.253 e. The van der Waals surface area contributed by atoms with Crippen LogP contribution >= 0.6 is 23.2 Å². The Hall–Kier alpha value is -2.11. The molecule has 26 heavy (non-hydrogen) atoms. The minimum Gasteiger partial charge on any atom is -0.352 e. The summed E-state index contributed by atoms with van der Waals surface area (Å²) in [6.07, 6.45) is 3.43. The van der Waals surface area contributed by atoms with Crippen LogP contribution in [-0.2, 0) is 6.42 Å². The first-order valence-corrected chi connectivity index (χ1v) is 8.91. The number of carbonyl (C=O) groups excluding carboxylic acids is 2. The third-order valence-corrected chi connectivity index (χ3v) is 4.03. The predicted molar refractivity (Wildman–Crippen MR) is 104 cm³/mol. The fraction of sp³-hybridized carbons (Fsp3) is 0.316. The summed E-state index contributed by atoms with van der Waals surface area (Å²) in [4.78, 5) is 28.5. The lowest BCUT2D eigenvalue weighted by atomic mass is 10.1. The molecule has 1 heterocycles. The Balaban J connectivity index is 1.97. The van der Waals surface area contributed by atoms with E-state index < -0.39 is 0 Å². The number of halogens is 2. The zero-order valence-electron chi connectivity index (χ0n) is 14.9. The summed E-state index contributed by atoms with van der Waals surface area (Å²) in [5, 5.41) is 6.78. The summed E-state index contributed by atoms with van der Waals surface area (Å²) in [7, 11) is 0. The van der Waals surface area contributed by atoms with Gasteiger partial charge < -0.3 is 10.6 Å². The number of hydrogen-bond acceptors (Lipinski definition) is 3. The van der Waals surface area contributed by atoms with Crippen LogP contribution in [0, 0.1) is 0 Å². The van der Waals surface area contributed by atoms with Crippen LogP contribution in [0.15, 0.2) is 36.7 Å². The molecule has 1 aromatic carbocycles. The summed E-state index contributed by atoms with van der Waals surface area (Å²) in [6, 6.07) is 6.78. The van der Waals surface area contributed by atoms with Gasteiger partial charge in [0.25, 0.3) is 11.8 Å². The molecule has 7 heteroatoms. The molecule has 0 aliphatic heterocycles. The Morgan fingerprint density at radius 1 is 1.04 bits per heavy atom. The van der Waals surface area contributed by atoms with E-state index in [4.69, 9.17) is 23.2 Å². The zero-order valence-corrected chi connectivity index (χ0v) is 16.4. The lowest BCUT2D eigenvalue weighted by Gasteiger charge is -2.20. The molecule has 2 N–H and O–H groups in total. The number of hydrogen-bond donors (Lipinski definition) is 2. The third-order valence-electron chi connectivity index (χ3n) is 3.45. The van der Waals surface area contributed by atoms with Crippen molar-refractivity contribution in [3.63, 3.8) is 0 Å². The summed E-state index contributed by atoms with van der Waals surface area (Å²) in [6.45, 7) is 6.06. The van der Waals surface area contributed by atoms with Crippen molar-refractivity contribution in [2.45, 2.75) is 32.7 Å². The standard InChI is InChI=1S/C19H21Cl2N3O2/c1-19(2,3)24-18(26)14-8-13(10-22-11-14)17(25)23-7-6-12-4-5-15(20)9-16(12)21/h4-5,8-11H,6-7H2,1-3H3,(H,23,25)(H,24,26). The predicted octanol–water partition coefficient (Wildman–Crippen LogP) is 3.89. The molecular formula is C19H21Cl2N3O2. The maximum absolute atomic E-state index is 12.3. The fourth-order valence-electron chi connectivity index (χ4n) is 2.24. The van der Waals surface area contributed by atoms with E-state index in [-0.39, 0.29) is 17.4 Å². The highest BCUT2D eigenvalue weighted by molar-refractivity contribution is 6.35. The summed E-state index contributed by atoms with van der Waals surface area (Å²) in [5.41, 5.74) is 1.20. The van der Waals surface area contributed by atoms with Gasteiger partial charge in [0.05, 0.1) is 11.1 Å². The number of benzene rings is 1. The SMILES string of the molecule is CC(C)(C)NC(=O)c1cncc(C(=O)NCCc2ccc(Cl)cc2Cl)c1. The van der Waals surface area contributed by atoms with Crippen molar-refractivity contribution in [1.82, 2.24) is 15.6 Å². The molecule has 0 saturated heterocycles. The average Bonchev–Trinajstić information content (AvgIpc) is 2.55. The van der Waals surface area contributed by atoms with Crippen LogP contribution in [0.4, 0.5) is 0 Å². The highest BCUT2D eigenvalue weighted by Crippen LogP contribution is 2.21. The van der Waals surface area contributed by atoms with Gasteiger partial charge in [-0.2, -0.15) is 0 Å². The van der Waals surface area contributed by atoms with Crippen molar-refractivity contribution < 1.29 is 9.59 Å². The largest absolute Gasteiger partial charge is 0.352 e. The van der Waals surface area contributed by atoms with Crippen LogP contribution in [0.1, 0.15) is 47.1 Å². The average molecular weight is 394 g/mol. The number of carbonyl (C=O) groups is 2. The van der Waals surface area contributed by atoms with Gasteiger partial charge in [0.15, 0.2) is 0 Å². The monoisotopic (exact) mass is 393 g/mol. The topological polar surface area (TPSA) is 71.1 Å². The lowest BCUT2D eigenvalue weighted by Crippen LogP contribution is -2.40. The van der Waals surface area contributed by atoms with Gasteiger partial charge in [-0.3, -0.25) is 14.6 Å². The fourth-order valence-corrected chi connectivity index (χ4v) is 2.74. The second kappa shape index (κ2) is 8.52. The number of pyridine rings is 1. The number of nitrogens with zero attached hydrogens (tertiary/aromatic N) is 1. The zero-order chi connectivity index (χ0) is 19.3. The maximum Gasteiger partial charge on any atom is 0.253 e. The van der Waals surface area contributed by atoms with Crippen LogP contribution in [0.2, 0.25) is 10.0 Å². The van der Waals surface area contributed by atoms with Crippen molar-refractivity contribution in [1.29, 1.82) is 0 Å². The van der Waals surface area contributed by atoms with E-state index in [0.717, 1.165) is 5.56 Å². The van der Waals surface area contributed by atoms with E-state index in [1.54, 1.807) is 12.1 Å². The minimum absolute atomic E-state index is 0.271. The minimum atomic E-state index is -0.368. The van der Waals surface area contributed by atoms with Gasteiger partial charge >= 0.3 is 0 Å². The number of nitrogens with one attached hydrogen (secondary N) is 2. The first-order chi connectivity index (χ1) is 12.2. The summed E-state index contributed by atoms with van der Waals surface area (Å²) < 4.78 is 0. The van der Waals surface area contributed by atoms with E-state index in [1.807, 2.05) is 26.8 Å². The summed E-state index contributed by atoms with van der Waals surface area (Å²) >= 11 is 12.0. The molecule has 0 atom stereocenters. The molecular weight excluding hydrogens is 373 g/mol. The third kappa shape index (κ3) is 6.00. The Morgan fingerprint density at radius 3 is 2.31 bits per heavy atom. The molecule has 0 radical (unpaired) electrons. The van der Waals surface area contributed by atoms with Crippen molar-refractivity contribution in [3.05, 3.63) is 63.4 Å². The van der Waals surface area contributed by atoms with Crippen molar-refractivity contribution in [2.24, 2.45) is 0 Å². The van der Waals surface area contributed by atoms with Gasteiger partial charge in [-0.25, -0.2) is 0 Å². The number of amides is 2. The molecule has 0 aliphatic carbocycles. The van der Waals surface area contributed by atoms with E-state index in [0.29, 0.717) is 34.1 Å². The van der Waals surface area contributed by atoms with E-state index in [2.05, 4.69) is 15.6 Å². The second-order valence-electron chi connectivity index (χ2n) is 6.91. The van der Waals surface area contributed by atoms with Crippen molar-refractivity contribution >= 4 is 35.0 Å². The molecule has 0 fully saturated rings. The van der Waals surface area contributed by atoms with Crippen LogP contribution in [0.3, 0.4) is 0 Å². The van der Waals surface area contributed by atoms with Gasteiger partial charge in [-0.05, 0) is 51.0 Å². The molecule has 1 aromatic heterocycles. The van der Waals surface area contributed by atoms with Crippen molar-refractivity contribution in [3.8, 4) is 0 Å². The highest BCUT2D eigenvalue weighted by Gasteiger charge is 2.17. The first-order valence-electron chi connectivity index (χ1n) is 8.15. The molecule has 2 rings (SSSR count). The molecule has 5 nitrogen and oxygen atoms in total. The van der Waals surface area contributed by atoms with E-state index >= 15 is 0 Å². The molecule has 138 valence electrons. The number of rotatable bonds is 5. The Morgan fingerprint density at radius 2 is 1.69 bits per heavy atom. The van der Waals surface area contributed by atoms with Gasteiger partial charge in [0.2, 0.25) is 0 Å². The molecule has 2 amide bonds. The van der Waals surface area contributed by atoms with Gasteiger partial charge in [-0.15, -0.1) is 0 Å². The summed E-state index contributed by atoms with van der Waals surface area (Å²) in [5.74, 6) is -0.569. The van der Waals surface area contributed by atoms with Crippen LogP contribution < -0.4 is 10.6 Å². The van der Waals surface area contributed by atoms with Gasteiger partial charge in [0.1, 0.15) is 0 Å². The van der Waals surface area contributed by atoms with Crippen LogP contribution in [0.25, 0.3) is 0 Å².